The van der Waals surface area contributed by atoms with Crippen molar-refractivity contribution in [2.24, 2.45) is 0 Å². The van der Waals surface area contributed by atoms with Gasteiger partial charge in [-0.1, -0.05) is 31.9 Å². The number of hydrogen-bond donors (Lipinski definition) is 2. The maximum atomic E-state index is 10.6. The molecule has 0 unspecified atom stereocenters. The number of halogens is 2. The highest BCUT2D eigenvalue weighted by molar-refractivity contribution is 9.10. The van der Waals surface area contributed by atoms with Crippen LogP contribution in [0.15, 0.2) is 27.1 Å². The Bertz CT molecular complexity index is 823. The van der Waals surface area contributed by atoms with E-state index in [1.165, 1.54) is 18.1 Å². The fourth-order valence-electron chi connectivity index (χ4n) is 3.48. The minimum Gasteiger partial charge on any atom is -0.508 e. The molecule has 132 valence electrons. The number of benzene rings is 2. The SMILES string of the molecule is O=[N+]([O-])c1cc(Br)c2c(c1O)CCC2.Oc1ccc(Br)c2c1CCC2. The number of phenols is 2. The number of nitro groups is 1. The quantitative estimate of drug-likeness (QED) is 0.443. The van der Waals surface area contributed by atoms with Gasteiger partial charge in [-0.25, -0.2) is 0 Å². The number of hydrogen-bond acceptors (Lipinski definition) is 4. The molecular formula is C18H17Br2NO4. The van der Waals surface area contributed by atoms with Gasteiger partial charge >= 0.3 is 5.69 Å². The van der Waals surface area contributed by atoms with Gasteiger partial charge in [0.2, 0.25) is 0 Å². The van der Waals surface area contributed by atoms with Gasteiger partial charge in [0.1, 0.15) is 5.75 Å². The number of fused-ring (bicyclic) bond motifs is 2. The standard InChI is InChI=1S/C9H8BrNO3.C9H9BrO/c10-7-4-8(11(13)14)9(12)6-3-1-2-5(6)7;10-8-4-5-9(11)7-3-1-2-6(7)8/h4,12H,1-3H2;4-5,11H,1-3H2. The van der Waals surface area contributed by atoms with Crippen molar-refractivity contribution in [3.63, 3.8) is 0 Å². The van der Waals surface area contributed by atoms with E-state index in [0.717, 1.165) is 57.7 Å². The number of phenolic OH excluding ortho intramolecular Hbond substituents is 2. The van der Waals surface area contributed by atoms with Crippen LogP contribution in [0.1, 0.15) is 35.1 Å². The molecule has 0 aromatic heterocycles. The Morgan fingerprint density at radius 2 is 1.44 bits per heavy atom. The molecule has 0 amide bonds. The molecule has 0 radical (unpaired) electrons. The van der Waals surface area contributed by atoms with Crippen molar-refractivity contribution in [1.29, 1.82) is 0 Å². The molecule has 0 aliphatic heterocycles. The van der Waals surface area contributed by atoms with E-state index in [4.69, 9.17) is 0 Å². The Balaban J connectivity index is 0.000000150. The lowest BCUT2D eigenvalue weighted by Crippen LogP contribution is -1.93. The summed E-state index contributed by atoms with van der Waals surface area (Å²) in [6.45, 7) is 0. The van der Waals surface area contributed by atoms with Crippen LogP contribution >= 0.6 is 31.9 Å². The minimum atomic E-state index is -0.557. The Kier molecular flexibility index (Phi) is 5.34. The summed E-state index contributed by atoms with van der Waals surface area (Å²) in [5, 5.41) is 29.7. The van der Waals surface area contributed by atoms with Gasteiger partial charge in [0.15, 0.2) is 5.75 Å². The Morgan fingerprint density at radius 3 is 2.04 bits per heavy atom. The lowest BCUT2D eigenvalue weighted by Gasteiger charge is -2.05. The average molecular weight is 471 g/mol. The lowest BCUT2D eigenvalue weighted by atomic mass is 10.1. The Labute approximate surface area is 162 Å². The highest BCUT2D eigenvalue weighted by atomic mass is 79.9. The molecule has 2 aromatic rings. The van der Waals surface area contributed by atoms with E-state index >= 15 is 0 Å². The second kappa shape index (κ2) is 7.33. The van der Waals surface area contributed by atoms with E-state index in [1.807, 2.05) is 6.07 Å². The summed E-state index contributed by atoms with van der Waals surface area (Å²) >= 11 is 6.76. The normalized spacial score (nSPS) is 14.5. The van der Waals surface area contributed by atoms with Gasteiger partial charge in [0, 0.05) is 20.6 Å². The molecule has 0 saturated heterocycles. The number of nitrogens with zero attached hydrogens (tertiary/aromatic N) is 1. The first kappa shape index (κ1) is 18.2. The molecule has 0 bridgehead atoms. The Morgan fingerprint density at radius 1 is 0.880 bits per heavy atom. The first-order valence-corrected chi connectivity index (χ1v) is 9.65. The highest BCUT2D eigenvalue weighted by Crippen LogP contribution is 2.41. The van der Waals surface area contributed by atoms with Crippen LogP contribution in [0, 0.1) is 10.1 Å². The van der Waals surface area contributed by atoms with Gasteiger partial charge in [-0.15, -0.1) is 0 Å². The minimum absolute atomic E-state index is 0.161. The smallest absolute Gasteiger partial charge is 0.312 e. The third-order valence-corrected chi connectivity index (χ3v) is 6.15. The second-order valence-electron chi connectivity index (χ2n) is 6.17. The summed E-state index contributed by atoms with van der Waals surface area (Å²) in [6, 6.07) is 5.05. The van der Waals surface area contributed by atoms with E-state index in [-0.39, 0.29) is 11.4 Å². The van der Waals surface area contributed by atoms with Crippen LogP contribution < -0.4 is 0 Å². The van der Waals surface area contributed by atoms with Crippen molar-refractivity contribution in [3.8, 4) is 11.5 Å². The molecule has 0 saturated carbocycles. The van der Waals surface area contributed by atoms with Crippen molar-refractivity contribution >= 4 is 37.5 Å². The van der Waals surface area contributed by atoms with Gasteiger partial charge in [0.05, 0.1) is 4.92 Å². The van der Waals surface area contributed by atoms with Crippen LogP contribution in [0.25, 0.3) is 0 Å². The van der Waals surface area contributed by atoms with E-state index < -0.39 is 4.92 Å². The summed E-state index contributed by atoms with van der Waals surface area (Å²) in [5.41, 5.74) is 3.96. The first-order valence-electron chi connectivity index (χ1n) is 8.07. The Hall–Kier alpha value is -1.60. The molecule has 25 heavy (non-hydrogen) atoms. The van der Waals surface area contributed by atoms with Crippen LogP contribution in [0.4, 0.5) is 5.69 Å². The molecule has 2 aromatic carbocycles. The van der Waals surface area contributed by atoms with E-state index in [0.29, 0.717) is 5.75 Å². The van der Waals surface area contributed by atoms with Gasteiger partial charge in [-0.3, -0.25) is 10.1 Å². The summed E-state index contributed by atoms with van der Waals surface area (Å²) in [4.78, 5) is 10.0. The fourth-order valence-corrected chi connectivity index (χ4v) is 4.71. The zero-order chi connectivity index (χ0) is 18.1. The third kappa shape index (κ3) is 3.53. The van der Waals surface area contributed by atoms with Crippen LogP contribution in [0.2, 0.25) is 0 Å². The molecule has 5 nitrogen and oxygen atoms in total. The van der Waals surface area contributed by atoms with E-state index in [9.17, 15) is 20.3 Å². The molecule has 0 spiro atoms. The van der Waals surface area contributed by atoms with Crippen molar-refractivity contribution in [3.05, 3.63) is 59.5 Å². The molecular weight excluding hydrogens is 454 g/mol. The molecule has 0 atom stereocenters. The molecule has 7 heteroatoms. The van der Waals surface area contributed by atoms with Gasteiger partial charge in [0.25, 0.3) is 0 Å². The van der Waals surface area contributed by atoms with Crippen molar-refractivity contribution in [1.82, 2.24) is 0 Å². The predicted octanol–water partition coefficient (Wildman–Crippen LogP) is 5.20. The maximum Gasteiger partial charge on any atom is 0.312 e. The summed E-state index contributed by atoms with van der Waals surface area (Å²) in [6.07, 6.45) is 5.85. The average Bonchev–Trinajstić information content (AvgIpc) is 3.24. The second-order valence-corrected chi connectivity index (χ2v) is 7.88. The third-order valence-electron chi connectivity index (χ3n) is 4.70. The van der Waals surface area contributed by atoms with Gasteiger partial charge in [-0.2, -0.15) is 0 Å². The number of nitro benzene ring substituents is 1. The summed E-state index contributed by atoms with van der Waals surface area (Å²) in [5.74, 6) is 0.298. The molecule has 2 N–H and O–H groups in total. The fraction of sp³-hybridized carbons (Fsp3) is 0.333. The van der Waals surface area contributed by atoms with Crippen molar-refractivity contribution in [2.75, 3.05) is 0 Å². The molecule has 2 aliphatic rings. The van der Waals surface area contributed by atoms with Crippen LogP contribution in [0.3, 0.4) is 0 Å². The van der Waals surface area contributed by atoms with E-state index in [2.05, 4.69) is 31.9 Å². The van der Waals surface area contributed by atoms with Gasteiger partial charge < -0.3 is 10.2 Å². The van der Waals surface area contributed by atoms with Crippen LogP contribution in [0.5, 0.6) is 11.5 Å². The van der Waals surface area contributed by atoms with Crippen molar-refractivity contribution in [2.45, 2.75) is 38.5 Å². The monoisotopic (exact) mass is 469 g/mol. The molecule has 2 aliphatic carbocycles. The highest BCUT2D eigenvalue weighted by Gasteiger charge is 2.25. The van der Waals surface area contributed by atoms with Crippen LogP contribution in [-0.2, 0) is 25.7 Å². The first-order chi connectivity index (χ1) is 11.9. The molecule has 4 rings (SSSR count). The topological polar surface area (TPSA) is 83.6 Å². The maximum absolute atomic E-state index is 10.6. The molecule has 0 heterocycles. The summed E-state index contributed by atoms with van der Waals surface area (Å²) in [7, 11) is 0. The van der Waals surface area contributed by atoms with Gasteiger partial charge in [-0.05, 0) is 67.3 Å². The largest absolute Gasteiger partial charge is 0.508 e. The van der Waals surface area contributed by atoms with Crippen molar-refractivity contribution < 1.29 is 15.1 Å². The predicted molar refractivity (Wildman–Crippen MR) is 102 cm³/mol. The summed E-state index contributed by atoms with van der Waals surface area (Å²) < 4.78 is 1.87. The zero-order valence-corrected chi connectivity index (χ0v) is 16.6. The number of rotatable bonds is 1. The molecule has 0 fully saturated rings. The van der Waals surface area contributed by atoms with E-state index in [1.54, 1.807) is 6.07 Å². The lowest BCUT2D eigenvalue weighted by molar-refractivity contribution is -0.386. The zero-order valence-electron chi connectivity index (χ0n) is 13.4. The number of aromatic hydroxyl groups is 2. The van der Waals surface area contributed by atoms with Crippen LogP contribution in [-0.4, -0.2) is 15.1 Å².